The number of rotatable bonds is 51. The molecule has 0 aromatic rings. The molecule has 0 aliphatic carbocycles. The predicted octanol–water partition coefficient (Wildman–Crippen LogP) is 16.9. The Balaban J connectivity index is 5.32. The lowest BCUT2D eigenvalue weighted by atomic mass is 10.0. The fraction of sp³-hybridized carbons (Fsp3) is 0.828. The molecule has 3 atom stereocenters. The third kappa shape index (κ3) is 49.0. The molecule has 0 fully saturated rings. The van der Waals surface area contributed by atoms with Crippen LogP contribution in [0.2, 0.25) is 0 Å². The molecule has 0 aliphatic rings. The molecule has 10 heteroatoms. The molecule has 0 spiro atoms. The minimum Gasteiger partial charge on any atom is -0.456 e. The lowest BCUT2D eigenvalue weighted by Gasteiger charge is -2.27. The molecule has 0 radical (unpaired) electrons. The van der Waals surface area contributed by atoms with E-state index in [1.54, 1.807) is 0 Å². The molecular formula is C58H110N2O7P+. The number of phosphoric acid groups is 1. The summed E-state index contributed by atoms with van der Waals surface area (Å²) in [5.41, 5.74) is 0. The van der Waals surface area contributed by atoms with Crippen molar-refractivity contribution in [1.29, 1.82) is 0 Å². The van der Waals surface area contributed by atoms with Gasteiger partial charge in [-0.2, -0.15) is 0 Å². The van der Waals surface area contributed by atoms with E-state index in [-0.39, 0.29) is 31.5 Å². The van der Waals surface area contributed by atoms with Crippen molar-refractivity contribution in [3.63, 3.8) is 0 Å². The average Bonchev–Trinajstić information content (AvgIpc) is 3.29. The van der Waals surface area contributed by atoms with Crippen LogP contribution in [0.4, 0.5) is 0 Å². The summed E-state index contributed by atoms with van der Waals surface area (Å²) < 4.78 is 30.6. The van der Waals surface area contributed by atoms with E-state index < -0.39 is 20.0 Å². The SMILES string of the molecule is CC/C=C/C/C=C/C/C=C/CCCCCCC(=O)NC(COP(=O)(O)OCC[N+](C)(C)C)C(/C=C/CCCCCCCCCCC)OC(=O)CCCCCCCCCCCCCCCCCCC. The van der Waals surface area contributed by atoms with Gasteiger partial charge in [-0.25, -0.2) is 4.57 Å². The van der Waals surface area contributed by atoms with E-state index in [1.807, 2.05) is 33.3 Å². The minimum atomic E-state index is -4.44. The summed E-state index contributed by atoms with van der Waals surface area (Å²) >= 11 is 0. The average molecular weight is 978 g/mol. The van der Waals surface area contributed by atoms with Crippen LogP contribution in [-0.2, 0) is 27.9 Å². The molecule has 0 bridgehead atoms. The molecule has 0 saturated carbocycles. The summed E-state index contributed by atoms with van der Waals surface area (Å²) in [6.45, 7) is 6.88. The number of nitrogens with zero attached hydrogens (tertiary/aromatic N) is 1. The molecule has 0 heterocycles. The highest BCUT2D eigenvalue weighted by Gasteiger charge is 2.30. The Morgan fingerprint density at radius 2 is 0.941 bits per heavy atom. The number of ether oxygens (including phenoxy) is 1. The van der Waals surface area contributed by atoms with Crippen LogP contribution in [0.5, 0.6) is 0 Å². The molecule has 1 amide bonds. The van der Waals surface area contributed by atoms with Crippen LogP contribution in [0.15, 0.2) is 48.6 Å². The van der Waals surface area contributed by atoms with Crippen LogP contribution in [0.25, 0.3) is 0 Å². The highest BCUT2D eigenvalue weighted by atomic mass is 31.2. The topological polar surface area (TPSA) is 111 Å². The number of hydrogen-bond acceptors (Lipinski definition) is 6. The molecule has 0 aromatic heterocycles. The Hall–Kier alpha value is -2.03. The van der Waals surface area contributed by atoms with Gasteiger partial charge in [-0.1, -0.05) is 230 Å². The fourth-order valence-corrected chi connectivity index (χ4v) is 8.87. The first-order valence-electron chi connectivity index (χ1n) is 28.5. The third-order valence-electron chi connectivity index (χ3n) is 12.5. The third-order valence-corrected chi connectivity index (χ3v) is 13.5. The second kappa shape index (κ2) is 48.6. The van der Waals surface area contributed by atoms with E-state index in [9.17, 15) is 19.0 Å². The second-order valence-corrected chi connectivity index (χ2v) is 21.9. The van der Waals surface area contributed by atoms with Gasteiger partial charge in [-0.3, -0.25) is 18.6 Å². The number of quaternary nitrogens is 1. The van der Waals surface area contributed by atoms with Gasteiger partial charge in [0, 0.05) is 12.8 Å². The number of hydrogen-bond donors (Lipinski definition) is 2. The van der Waals surface area contributed by atoms with Gasteiger partial charge in [-0.15, -0.1) is 0 Å². The fourth-order valence-electron chi connectivity index (χ4n) is 8.13. The first-order valence-corrected chi connectivity index (χ1v) is 30.0. The van der Waals surface area contributed by atoms with E-state index in [0.29, 0.717) is 17.4 Å². The number of phosphoric ester groups is 1. The van der Waals surface area contributed by atoms with Crippen molar-refractivity contribution < 1.29 is 37.3 Å². The Morgan fingerprint density at radius 3 is 1.41 bits per heavy atom. The van der Waals surface area contributed by atoms with Crippen molar-refractivity contribution in [3.8, 4) is 0 Å². The molecule has 0 rings (SSSR count). The van der Waals surface area contributed by atoms with Gasteiger partial charge in [0.25, 0.3) is 0 Å². The Bertz CT molecular complexity index is 1310. The molecule has 0 saturated heterocycles. The van der Waals surface area contributed by atoms with Crippen molar-refractivity contribution in [2.45, 2.75) is 270 Å². The lowest BCUT2D eigenvalue weighted by molar-refractivity contribution is -0.870. The lowest BCUT2D eigenvalue weighted by Crippen LogP contribution is -2.47. The molecular weight excluding hydrogens is 868 g/mol. The summed E-state index contributed by atoms with van der Waals surface area (Å²) in [5, 5.41) is 3.03. The van der Waals surface area contributed by atoms with Gasteiger partial charge in [0.05, 0.1) is 33.8 Å². The molecule has 0 aromatic carbocycles. The number of esters is 1. The van der Waals surface area contributed by atoms with Crippen molar-refractivity contribution in [2.24, 2.45) is 0 Å². The summed E-state index contributed by atoms with van der Waals surface area (Å²) in [4.78, 5) is 37.5. The predicted molar refractivity (Wildman–Crippen MR) is 291 cm³/mol. The molecule has 3 unspecified atom stereocenters. The number of carbonyl (C=O) groups excluding carboxylic acids is 2. The first kappa shape index (κ1) is 66.0. The van der Waals surface area contributed by atoms with Crippen molar-refractivity contribution >= 4 is 19.7 Å². The normalized spacial score (nSPS) is 14.2. The number of carbonyl (C=O) groups is 2. The highest BCUT2D eigenvalue weighted by Crippen LogP contribution is 2.43. The number of amides is 1. The maximum Gasteiger partial charge on any atom is 0.472 e. The second-order valence-electron chi connectivity index (χ2n) is 20.4. The monoisotopic (exact) mass is 978 g/mol. The summed E-state index contributed by atoms with van der Waals surface area (Å²) in [5.74, 6) is -0.525. The van der Waals surface area contributed by atoms with E-state index in [4.69, 9.17) is 13.8 Å². The molecule has 68 heavy (non-hydrogen) atoms. The minimum absolute atomic E-state index is 0.0362. The molecule has 0 aliphatic heterocycles. The van der Waals surface area contributed by atoms with Crippen LogP contribution < -0.4 is 5.32 Å². The van der Waals surface area contributed by atoms with Crippen LogP contribution in [-0.4, -0.2) is 74.3 Å². The first-order chi connectivity index (χ1) is 32.9. The van der Waals surface area contributed by atoms with Gasteiger partial charge >= 0.3 is 13.8 Å². The molecule has 9 nitrogen and oxygen atoms in total. The van der Waals surface area contributed by atoms with Crippen molar-refractivity contribution in [2.75, 3.05) is 40.9 Å². The Kier molecular flexibility index (Phi) is 47.1. The smallest absolute Gasteiger partial charge is 0.456 e. The molecule has 398 valence electrons. The quantitative estimate of drug-likeness (QED) is 0.0205. The number of unbranched alkanes of at least 4 members (excludes halogenated alkanes) is 29. The highest BCUT2D eigenvalue weighted by molar-refractivity contribution is 7.47. The number of nitrogens with one attached hydrogen (secondary N) is 1. The van der Waals surface area contributed by atoms with Crippen LogP contribution >= 0.6 is 7.82 Å². The van der Waals surface area contributed by atoms with E-state index in [1.165, 1.54) is 135 Å². The van der Waals surface area contributed by atoms with Crippen molar-refractivity contribution in [1.82, 2.24) is 5.32 Å². The summed E-state index contributed by atoms with van der Waals surface area (Å²) in [6, 6.07) is -0.856. The van der Waals surface area contributed by atoms with Gasteiger partial charge in [0.1, 0.15) is 19.3 Å². The van der Waals surface area contributed by atoms with E-state index in [0.717, 1.165) is 89.9 Å². The van der Waals surface area contributed by atoms with Gasteiger partial charge < -0.3 is 19.4 Å². The van der Waals surface area contributed by atoms with Gasteiger partial charge in [-0.05, 0) is 63.9 Å². The zero-order valence-corrected chi connectivity index (χ0v) is 46.2. The zero-order chi connectivity index (χ0) is 50.1. The zero-order valence-electron chi connectivity index (χ0n) is 45.3. The Morgan fingerprint density at radius 1 is 0.529 bits per heavy atom. The van der Waals surface area contributed by atoms with Gasteiger partial charge in [0.2, 0.25) is 5.91 Å². The molecule has 2 N–H and O–H groups in total. The Labute approximate surface area is 420 Å². The maximum absolute atomic E-state index is 13.5. The standard InChI is InChI=1S/C58H109N2O7P/c1-7-10-13-16-19-22-25-27-29-30-31-33-36-39-42-45-48-51-58(62)67-56(49-46-43-40-37-34-24-21-18-15-12-9-3)55(54-66-68(63,64)65-53-52-60(4,5)6)59-57(61)50-47-44-41-38-35-32-28-26-23-20-17-14-11-8-2/h11,14,20,23,28,32,46,49,55-56H,7-10,12-13,15-19,21-22,24-27,29-31,33-45,47-48,50-54H2,1-6H3,(H-,59,61,63,64)/p+1/b14-11+,23-20+,32-28+,49-46+. The summed E-state index contributed by atoms with van der Waals surface area (Å²) in [7, 11) is 1.48. The van der Waals surface area contributed by atoms with Gasteiger partial charge in [0.15, 0.2) is 0 Å². The van der Waals surface area contributed by atoms with Crippen LogP contribution in [0.1, 0.15) is 258 Å². The van der Waals surface area contributed by atoms with Crippen LogP contribution in [0, 0.1) is 0 Å². The van der Waals surface area contributed by atoms with E-state index >= 15 is 0 Å². The number of allylic oxidation sites excluding steroid dienone is 7. The van der Waals surface area contributed by atoms with Crippen LogP contribution in [0.3, 0.4) is 0 Å². The largest absolute Gasteiger partial charge is 0.472 e. The number of likely N-dealkylation sites (N-methyl/N-ethyl adjacent to an activating group) is 1. The van der Waals surface area contributed by atoms with E-state index in [2.05, 4.69) is 62.5 Å². The summed E-state index contributed by atoms with van der Waals surface area (Å²) in [6.07, 6.45) is 58.2. The van der Waals surface area contributed by atoms with Crippen molar-refractivity contribution in [3.05, 3.63) is 48.6 Å². The maximum atomic E-state index is 13.5.